The van der Waals surface area contributed by atoms with Gasteiger partial charge >= 0.3 is 0 Å². The monoisotopic (exact) mass is 274 g/mol. The van der Waals surface area contributed by atoms with Crippen LogP contribution in [0.5, 0.6) is 0 Å². The van der Waals surface area contributed by atoms with E-state index in [1.165, 1.54) is 6.07 Å². The SMILES string of the molecule is Cc1ccc(Cl)cc1S(=O)(=O)NC/C=C/CN. The average Bonchev–Trinajstić information content (AvgIpc) is 2.28. The number of halogens is 1. The maximum Gasteiger partial charge on any atom is 0.241 e. The number of rotatable bonds is 5. The Morgan fingerprint density at radius 2 is 2.12 bits per heavy atom. The molecule has 6 heteroatoms. The van der Waals surface area contributed by atoms with E-state index >= 15 is 0 Å². The van der Waals surface area contributed by atoms with Crippen LogP contribution in [0.15, 0.2) is 35.2 Å². The molecule has 4 nitrogen and oxygen atoms in total. The van der Waals surface area contributed by atoms with Crippen LogP contribution in [0.1, 0.15) is 5.56 Å². The van der Waals surface area contributed by atoms with Gasteiger partial charge in [0.25, 0.3) is 0 Å². The zero-order chi connectivity index (χ0) is 12.9. The minimum atomic E-state index is -3.52. The molecule has 0 bridgehead atoms. The topological polar surface area (TPSA) is 72.2 Å². The number of nitrogens with one attached hydrogen (secondary N) is 1. The predicted molar refractivity (Wildman–Crippen MR) is 69.6 cm³/mol. The van der Waals surface area contributed by atoms with Gasteiger partial charge in [0.15, 0.2) is 0 Å². The molecule has 0 fully saturated rings. The van der Waals surface area contributed by atoms with Gasteiger partial charge in [-0.2, -0.15) is 0 Å². The molecule has 1 rings (SSSR count). The molecule has 1 aromatic carbocycles. The summed E-state index contributed by atoms with van der Waals surface area (Å²) in [5.74, 6) is 0. The fraction of sp³-hybridized carbons (Fsp3) is 0.273. The zero-order valence-electron chi connectivity index (χ0n) is 9.48. The van der Waals surface area contributed by atoms with Crippen LogP contribution in [0, 0.1) is 6.92 Å². The van der Waals surface area contributed by atoms with Crippen molar-refractivity contribution in [3.8, 4) is 0 Å². The Morgan fingerprint density at radius 3 is 2.76 bits per heavy atom. The van der Waals surface area contributed by atoms with Gasteiger partial charge in [0.05, 0.1) is 4.90 Å². The van der Waals surface area contributed by atoms with Crippen LogP contribution in [0.25, 0.3) is 0 Å². The molecule has 94 valence electrons. The van der Waals surface area contributed by atoms with E-state index < -0.39 is 10.0 Å². The molecule has 0 atom stereocenters. The molecule has 1 aromatic rings. The number of sulfonamides is 1. The summed E-state index contributed by atoms with van der Waals surface area (Å²) in [7, 11) is -3.52. The second-order valence-electron chi connectivity index (χ2n) is 3.47. The molecule has 0 spiro atoms. The molecule has 17 heavy (non-hydrogen) atoms. The summed E-state index contributed by atoms with van der Waals surface area (Å²) >= 11 is 5.78. The molecular formula is C11H15ClN2O2S. The molecule has 0 aliphatic heterocycles. The summed E-state index contributed by atoms with van der Waals surface area (Å²) in [6.45, 7) is 2.32. The molecule has 0 heterocycles. The highest BCUT2D eigenvalue weighted by Gasteiger charge is 2.15. The summed E-state index contributed by atoms with van der Waals surface area (Å²) in [5, 5.41) is 0.397. The lowest BCUT2D eigenvalue weighted by molar-refractivity contribution is 0.585. The number of aryl methyl sites for hydroxylation is 1. The van der Waals surface area contributed by atoms with Gasteiger partial charge < -0.3 is 5.73 Å². The molecule has 0 aliphatic rings. The maximum absolute atomic E-state index is 11.9. The highest BCUT2D eigenvalue weighted by atomic mass is 35.5. The normalized spacial score (nSPS) is 12.2. The highest BCUT2D eigenvalue weighted by Crippen LogP contribution is 2.19. The number of hydrogen-bond acceptors (Lipinski definition) is 3. The van der Waals surface area contributed by atoms with Crippen molar-refractivity contribution in [2.75, 3.05) is 13.1 Å². The van der Waals surface area contributed by atoms with Gasteiger partial charge in [0.1, 0.15) is 0 Å². The number of benzene rings is 1. The maximum atomic E-state index is 11.9. The molecular weight excluding hydrogens is 260 g/mol. The van der Waals surface area contributed by atoms with E-state index in [1.54, 1.807) is 31.2 Å². The van der Waals surface area contributed by atoms with Gasteiger partial charge in [-0.05, 0) is 24.6 Å². The summed E-state index contributed by atoms with van der Waals surface area (Å²) in [6.07, 6.45) is 3.35. The van der Waals surface area contributed by atoms with E-state index in [9.17, 15) is 8.42 Å². The van der Waals surface area contributed by atoms with Gasteiger partial charge in [0.2, 0.25) is 10.0 Å². The van der Waals surface area contributed by atoms with Crippen LogP contribution in [-0.4, -0.2) is 21.5 Å². The first kappa shape index (κ1) is 14.2. The van der Waals surface area contributed by atoms with Crippen molar-refractivity contribution in [1.29, 1.82) is 0 Å². The van der Waals surface area contributed by atoms with Gasteiger partial charge in [-0.25, -0.2) is 13.1 Å². The highest BCUT2D eigenvalue weighted by molar-refractivity contribution is 7.89. The first-order chi connectivity index (χ1) is 7.97. The van der Waals surface area contributed by atoms with Crippen molar-refractivity contribution in [2.24, 2.45) is 5.73 Å². The van der Waals surface area contributed by atoms with E-state index in [1.807, 2.05) is 0 Å². The van der Waals surface area contributed by atoms with Crippen LogP contribution in [0.4, 0.5) is 0 Å². The van der Waals surface area contributed by atoms with Crippen LogP contribution in [0.2, 0.25) is 5.02 Å². The van der Waals surface area contributed by atoms with Crippen LogP contribution in [0.3, 0.4) is 0 Å². The van der Waals surface area contributed by atoms with Crippen molar-refractivity contribution < 1.29 is 8.42 Å². The lowest BCUT2D eigenvalue weighted by Crippen LogP contribution is -2.24. The van der Waals surface area contributed by atoms with E-state index in [2.05, 4.69) is 4.72 Å². The fourth-order valence-electron chi connectivity index (χ4n) is 1.28. The molecule has 0 aliphatic carbocycles. The van der Waals surface area contributed by atoms with Crippen LogP contribution < -0.4 is 10.5 Å². The molecule has 3 N–H and O–H groups in total. The minimum Gasteiger partial charge on any atom is -0.327 e. The summed E-state index contributed by atoms with van der Waals surface area (Å²) in [4.78, 5) is 0.200. The Labute approximate surface area is 107 Å². The fourth-order valence-corrected chi connectivity index (χ4v) is 2.76. The third-order valence-corrected chi connectivity index (χ3v) is 3.93. The second-order valence-corrected chi connectivity index (χ2v) is 5.64. The third-order valence-electron chi connectivity index (χ3n) is 2.13. The van der Waals surface area contributed by atoms with Crippen LogP contribution >= 0.6 is 11.6 Å². The summed E-state index contributed by atoms with van der Waals surface area (Å²) < 4.78 is 26.3. The molecule has 0 aromatic heterocycles. The van der Waals surface area contributed by atoms with Crippen molar-refractivity contribution in [3.63, 3.8) is 0 Å². The molecule has 0 radical (unpaired) electrons. The Morgan fingerprint density at radius 1 is 1.41 bits per heavy atom. The largest absolute Gasteiger partial charge is 0.327 e. The van der Waals surface area contributed by atoms with Crippen molar-refractivity contribution in [3.05, 3.63) is 40.9 Å². The Bertz CT molecular complexity index is 512. The van der Waals surface area contributed by atoms with Gasteiger partial charge in [0, 0.05) is 18.1 Å². The van der Waals surface area contributed by atoms with E-state index in [0.29, 0.717) is 17.1 Å². The zero-order valence-corrected chi connectivity index (χ0v) is 11.1. The van der Waals surface area contributed by atoms with Gasteiger partial charge in [-0.3, -0.25) is 0 Å². The van der Waals surface area contributed by atoms with E-state index in [0.717, 1.165) is 0 Å². The first-order valence-electron chi connectivity index (χ1n) is 5.08. The van der Waals surface area contributed by atoms with Gasteiger partial charge in [-0.15, -0.1) is 0 Å². The molecule has 0 saturated carbocycles. The lowest BCUT2D eigenvalue weighted by Gasteiger charge is -2.08. The number of nitrogens with two attached hydrogens (primary N) is 1. The van der Waals surface area contributed by atoms with Crippen LogP contribution in [-0.2, 0) is 10.0 Å². The quantitative estimate of drug-likeness (QED) is 0.798. The first-order valence-corrected chi connectivity index (χ1v) is 6.94. The standard InChI is InChI=1S/C11H15ClN2O2S/c1-9-4-5-10(12)8-11(9)17(15,16)14-7-3-2-6-13/h2-5,8,14H,6-7,13H2,1H3/b3-2+. The van der Waals surface area contributed by atoms with E-state index in [4.69, 9.17) is 17.3 Å². The predicted octanol–water partition coefficient (Wildman–Crippen LogP) is 1.44. The second kappa shape index (κ2) is 6.16. The molecule has 0 unspecified atom stereocenters. The smallest absolute Gasteiger partial charge is 0.241 e. The van der Waals surface area contributed by atoms with Crippen molar-refractivity contribution in [2.45, 2.75) is 11.8 Å². The summed E-state index contributed by atoms with van der Waals surface area (Å²) in [6, 6.07) is 4.77. The minimum absolute atomic E-state index is 0.200. The third kappa shape index (κ3) is 4.12. The Balaban J connectivity index is 2.89. The van der Waals surface area contributed by atoms with Crippen molar-refractivity contribution >= 4 is 21.6 Å². The van der Waals surface area contributed by atoms with Gasteiger partial charge in [-0.1, -0.05) is 29.8 Å². The molecule has 0 saturated heterocycles. The Kier molecular flexibility index (Phi) is 5.14. The molecule has 0 amide bonds. The number of hydrogen-bond donors (Lipinski definition) is 2. The van der Waals surface area contributed by atoms with Crippen molar-refractivity contribution in [1.82, 2.24) is 4.72 Å². The summed E-state index contributed by atoms with van der Waals surface area (Å²) in [5.41, 5.74) is 5.91. The Hall–Kier alpha value is -0.880. The average molecular weight is 275 g/mol. The lowest BCUT2D eigenvalue weighted by atomic mass is 10.2. The van der Waals surface area contributed by atoms with E-state index in [-0.39, 0.29) is 11.4 Å².